The summed E-state index contributed by atoms with van der Waals surface area (Å²) in [5.41, 5.74) is 2.20. The van der Waals surface area contributed by atoms with Crippen LogP contribution in [-0.2, 0) is 11.6 Å². The Morgan fingerprint density at radius 3 is 1.69 bits per heavy atom. The predicted octanol–water partition coefficient (Wildman–Crippen LogP) is 11.3. The van der Waals surface area contributed by atoms with Crippen LogP contribution in [0.25, 0.3) is 65.5 Å². The van der Waals surface area contributed by atoms with Crippen LogP contribution in [0.4, 0.5) is 13.2 Å². The van der Waals surface area contributed by atoms with Crippen molar-refractivity contribution in [3.8, 4) is 22.4 Å². The zero-order valence-corrected chi connectivity index (χ0v) is 23.6. The number of halogens is 3. The summed E-state index contributed by atoms with van der Waals surface area (Å²) in [5.74, 6) is 0. The van der Waals surface area contributed by atoms with E-state index >= 15 is 0 Å². The second kappa shape index (κ2) is 9.42. The van der Waals surface area contributed by atoms with Gasteiger partial charge >= 0.3 is 6.18 Å². The lowest BCUT2D eigenvalue weighted by Gasteiger charge is -2.23. The van der Waals surface area contributed by atoms with Crippen LogP contribution in [0.3, 0.4) is 0 Å². The average molecular weight is 556 g/mol. The molecule has 0 unspecified atom stereocenters. The molecule has 0 radical (unpaired) electrons. The Hall–Kier alpha value is -4.70. The number of nitrogens with zero attached hydrogens (tertiary/aromatic N) is 1. The Morgan fingerprint density at radius 1 is 0.524 bits per heavy atom. The SMILES string of the molecule is CC(C)(C)c1cc(-c2cc(-c3cccc4c5ccccc5c5ccccc5c34)c(C(F)(F)F)cn2)cc2ccccc12. The van der Waals surface area contributed by atoms with Gasteiger partial charge in [-0.2, -0.15) is 13.2 Å². The number of rotatable bonds is 2. The lowest BCUT2D eigenvalue weighted by atomic mass is 9.82. The van der Waals surface area contributed by atoms with Gasteiger partial charge in [0, 0.05) is 11.8 Å². The van der Waals surface area contributed by atoms with Crippen LogP contribution in [0.2, 0.25) is 0 Å². The van der Waals surface area contributed by atoms with Crippen molar-refractivity contribution in [3.63, 3.8) is 0 Å². The number of pyridine rings is 1. The van der Waals surface area contributed by atoms with Crippen molar-refractivity contribution in [3.05, 3.63) is 127 Å². The molecule has 42 heavy (non-hydrogen) atoms. The monoisotopic (exact) mass is 555 g/mol. The lowest BCUT2D eigenvalue weighted by Crippen LogP contribution is -2.12. The van der Waals surface area contributed by atoms with Crippen LogP contribution in [-0.4, -0.2) is 4.98 Å². The van der Waals surface area contributed by atoms with E-state index in [0.717, 1.165) is 60.4 Å². The molecule has 1 heterocycles. The van der Waals surface area contributed by atoms with Crippen molar-refractivity contribution in [2.24, 2.45) is 0 Å². The molecule has 0 aliphatic heterocycles. The van der Waals surface area contributed by atoms with E-state index in [-0.39, 0.29) is 11.0 Å². The number of hydrogen-bond donors (Lipinski definition) is 0. The first-order valence-electron chi connectivity index (χ1n) is 14.0. The first kappa shape index (κ1) is 26.2. The Bertz CT molecular complexity index is 2120. The maximum Gasteiger partial charge on any atom is 0.418 e. The van der Waals surface area contributed by atoms with Gasteiger partial charge in [0.05, 0.1) is 11.3 Å². The quantitative estimate of drug-likeness (QED) is 0.193. The second-order valence-corrected chi connectivity index (χ2v) is 11.9. The highest BCUT2D eigenvalue weighted by Crippen LogP contribution is 2.45. The molecular formula is C38H28F3N. The minimum absolute atomic E-state index is 0.129. The van der Waals surface area contributed by atoms with Gasteiger partial charge in [0.25, 0.3) is 0 Å². The molecule has 4 heteroatoms. The summed E-state index contributed by atoms with van der Waals surface area (Å²) < 4.78 is 43.9. The molecule has 1 nitrogen and oxygen atoms in total. The minimum Gasteiger partial charge on any atom is -0.256 e. The third-order valence-corrected chi connectivity index (χ3v) is 8.23. The third kappa shape index (κ3) is 4.21. The third-order valence-electron chi connectivity index (χ3n) is 8.23. The topological polar surface area (TPSA) is 12.9 Å². The molecule has 0 fully saturated rings. The highest BCUT2D eigenvalue weighted by Gasteiger charge is 2.35. The molecule has 0 N–H and O–H groups in total. The molecule has 7 aromatic rings. The summed E-state index contributed by atoms with van der Waals surface area (Å²) in [6.07, 6.45) is -3.58. The molecule has 0 saturated heterocycles. The minimum atomic E-state index is -4.57. The summed E-state index contributed by atoms with van der Waals surface area (Å²) in [6, 6.07) is 35.6. The Kier molecular flexibility index (Phi) is 5.88. The van der Waals surface area contributed by atoms with Gasteiger partial charge < -0.3 is 0 Å². The van der Waals surface area contributed by atoms with Gasteiger partial charge in [-0.25, -0.2) is 0 Å². The van der Waals surface area contributed by atoms with Crippen LogP contribution in [0.1, 0.15) is 31.9 Å². The van der Waals surface area contributed by atoms with Crippen molar-refractivity contribution < 1.29 is 13.2 Å². The first-order valence-corrected chi connectivity index (χ1v) is 14.0. The van der Waals surface area contributed by atoms with Gasteiger partial charge in [-0.15, -0.1) is 0 Å². The van der Waals surface area contributed by atoms with E-state index in [0.29, 0.717) is 11.3 Å². The molecule has 6 aromatic carbocycles. The highest BCUT2D eigenvalue weighted by atomic mass is 19.4. The highest BCUT2D eigenvalue weighted by molar-refractivity contribution is 6.28. The lowest BCUT2D eigenvalue weighted by molar-refractivity contribution is -0.137. The molecule has 1 aromatic heterocycles. The van der Waals surface area contributed by atoms with Gasteiger partial charge in [-0.3, -0.25) is 4.98 Å². The van der Waals surface area contributed by atoms with E-state index in [2.05, 4.69) is 44.0 Å². The van der Waals surface area contributed by atoms with Gasteiger partial charge in [-0.05, 0) is 83.4 Å². The summed E-state index contributed by atoms with van der Waals surface area (Å²) in [6.45, 7) is 6.45. The molecule has 0 aliphatic rings. The summed E-state index contributed by atoms with van der Waals surface area (Å²) in [5, 5.41) is 7.93. The van der Waals surface area contributed by atoms with Crippen molar-refractivity contribution >= 4 is 43.1 Å². The smallest absolute Gasteiger partial charge is 0.256 e. The molecule has 0 atom stereocenters. The molecule has 0 spiro atoms. The summed E-state index contributed by atoms with van der Waals surface area (Å²) >= 11 is 0. The summed E-state index contributed by atoms with van der Waals surface area (Å²) in [7, 11) is 0. The largest absolute Gasteiger partial charge is 0.418 e. The molecule has 7 rings (SSSR count). The van der Waals surface area contributed by atoms with Gasteiger partial charge in [0.1, 0.15) is 0 Å². The van der Waals surface area contributed by atoms with E-state index in [1.807, 2.05) is 78.9 Å². The van der Waals surface area contributed by atoms with Crippen molar-refractivity contribution in [1.82, 2.24) is 4.98 Å². The fraction of sp³-hybridized carbons (Fsp3) is 0.132. The number of hydrogen-bond acceptors (Lipinski definition) is 1. The van der Waals surface area contributed by atoms with E-state index < -0.39 is 11.7 Å². The zero-order valence-electron chi connectivity index (χ0n) is 23.6. The number of fused-ring (bicyclic) bond motifs is 7. The number of aromatic nitrogens is 1. The van der Waals surface area contributed by atoms with E-state index in [1.165, 1.54) is 0 Å². The molecule has 0 aliphatic carbocycles. The Balaban J connectivity index is 1.57. The Labute approximate surface area is 242 Å². The second-order valence-electron chi connectivity index (χ2n) is 11.9. The number of alkyl halides is 3. The molecular weight excluding hydrogens is 527 g/mol. The van der Waals surface area contributed by atoms with Crippen LogP contribution in [0, 0.1) is 0 Å². The first-order chi connectivity index (χ1) is 20.1. The van der Waals surface area contributed by atoms with Crippen LogP contribution < -0.4 is 0 Å². The van der Waals surface area contributed by atoms with Crippen LogP contribution in [0.15, 0.2) is 115 Å². The van der Waals surface area contributed by atoms with Crippen LogP contribution >= 0.6 is 0 Å². The van der Waals surface area contributed by atoms with Gasteiger partial charge in [0.2, 0.25) is 0 Å². The van der Waals surface area contributed by atoms with E-state index in [9.17, 15) is 13.2 Å². The predicted molar refractivity (Wildman–Crippen MR) is 169 cm³/mol. The molecule has 0 saturated carbocycles. The molecule has 206 valence electrons. The van der Waals surface area contributed by atoms with Crippen molar-refractivity contribution in [1.29, 1.82) is 0 Å². The van der Waals surface area contributed by atoms with E-state index in [4.69, 9.17) is 0 Å². The van der Waals surface area contributed by atoms with Gasteiger partial charge in [-0.1, -0.05) is 112 Å². The molecule has 0 bridgehead atoms. The fourth-order valence-corrected chi connectivity index (χ4v) is 6.32. The fourth-order valence-electron chi connectivity index (χ4n) is 6.32. The summed E-state index contributed by atoms with van der Waals surface area (Å²) in [4.78, 5) is 4.40. The zero-order chi connectivity index (χ0) is 29.2. The normalized spacial score (nSPS) is 12.5. The average Bonchev–Trinajstić information content (AvgIpc) is 2.99. The van der Waals surface area contributed by atoms with Gasteiger partial charge in [0.15, 0.2) is 0 Å². The van der Waals surface area contributed by atoms with Crippen molar-refractivity contribution in [2.45, 2.75) is 32.4 Å². The van der Waals surface area contributed by atoms with Crippen LogP contribution in [0.5, 0.6) is 0 Å². The van der Waals surface area contributed by atoms with Crippen molar-refractivity contribution in [2.75, 3.05) is 0 Å². The Morgan fingerprint density at radius 2 is 1.07 bits per heavy atom. The maximum atomic E-state index is 14.6. The maximum absolute atomic E-state index is 14.6. The number of benzene rings is 6. The molecule has 0 amide bonds. The van der Waals surface area contributed by atoms with E-state index in [1.54, 1.807) is 12.1 Å². The standard InChI is InChI=1S/C38H28F3N/c1-37(2,3)33-20-24(19-23-11-4-5-12-25(23)33)35-21-32(34(22-42-35)38(39,40)41)31-18-10-17-30-28-14-7-6-13-26(28)27-15-8-9-16-29(27)36(30)31/h4-22H,1-3H3.